The molecule has 0 aliphatic carbocycles. The summed E-state index contributed by atoms with van der Waals surface area (Å²) in [6.45, 7) is 1.76. The lowest BCUT2D eigenvalue weighted by atomic mass is 10.5. The number of oxazole rings is 1. The van der Waals surface area contributed by atoms with Crippen molar-refractivity contribution in [3.63, 3.8) is 0 Å². The van der Waals surface area contributed by atoms with Crippen molar-refractivity contribution < 1.29 is 4.42 Å². The number of aromatic nitrogens is 3. The van der Waals surface area contributed by atoms with E-state index < -0.39 is 0 Å². The van der Waals surface area contributed by atoms with Crippen molar-refractivity contribution in [1.82, 2.24) is 14.3 Å². The van der Waals surface area contributed by atoms with Crippen LogP contribution >= 0.6 is 11.5 Å². The maximum atomic E-state index is 5.41. The van der Waals surface area contributed by atoms with E-state index in [1.807, 2.05) is 0 Å². The number of nitrogens with two attached hydrogens (primary N) is 1. The molecule has 0 fully saturated rings. The van der Waals surface area contributed by atoms with Gasteiger partial charge in [-0.3, -0.25) is 0 Å². The molecule has 0 aliphatic heterocycles. The van der Waals surface area contributed by atoms with E-state index in [-0.39, 0.29) is 0 Å². The molecule has 5 nitrogen and oxygen atoms in total. The third kappa shape index (κ3) is 1.16. The number of rotatable bonds is 1. The summed E-state index contributed by atoms with van der Waals surface area (Å²) >= 11 is 1.14. The molecule has 0 unspecified atom stereocenters. The van der Waals surface area contributed by atoms with Crippen LogP contribution in [-0.2, 0) is 0 Å². The quantitative estimate of drug-likeness (QED) is 0.714. The zero-order valence-corrected chi connectivity index (χ0v) is 7.13. The number of anilines is 1. The van der Waals surface area contributed by atoms with Crippen LogP contribution in [-0.4, -0.2) is 14.3 Å². The van der Waals surface area contributed by atoms with Gasteiger partial charge in [0.05, 0.1) is 0 Å². The summed E-state index contributed by atoms with van der Waals surface area (Å²) < 4.78 is 8.98. The van der Waals surface area contributed by atoms with E-state index in [1.54, 1.807) is 6.92 Å². The molecule has 0 aromatic carbocycles. The van der Waals surface area contributed by atoms with Crippen LogP contribution in [0, 0.1) is 6.92 Å². The fourth-order valence-corrected chi connectivity index (χ4v) is 1.25. The van der Waals surface area contributed by atoms with Gasteiger partial charge in [0, 0.05) is 18.5 Å². The van der Waals surface area contributed by atoms with Crippen LogP contribution < -0.4 is 5.73 Å². The largest absolute Gasteiger partial charge is 0.449 e. The molecule has 2 N–H and O–H groups in total. The number of hydrogen-bond acceptors (Lipinski definition) is 6. The highest BCUT2D eigenvalue weighted by Crippen LogP contribution is 2.17. The zero-order chi connectivity index (χ0) is 8.55. The Balaban J connectivity index is 2.43. The van der Waals surface area contributed by atoms with Crippen LogP contribution in [0.3, 0.4) is 0 Å². The average Bonchev–Trinajstić information content (AvgIpc) is 2.58. The van der Waals surface area contributed by atoms with Crippen molar-refractivity contribution in [2.75, 3.05) is 5.73 Å². The maximum Gasteiger partial charge on any atom is 0.200 e. The van der Waals surface area contributed by atoms with Crippen molar-refractivity contribution in [3.8, 4) is 11.5 Å². The Kier molecular flexibility index (Phi) is 1.54. The minimum Gasteiger partial charge on any atom is -0.449 e. The fourth-order valence-electron chi connectivity index (χ4n) is 0.805. The number of nitrogens with zero attached hydrogens (tertiary/aromatic N) is 3. The van der Waals surface area contributed by atoms with E-state index >= 15 is 0 Å². The molecule has 2 heterocycles. The first-order valence-corrected chi connectivity index (χ1v) is 4.05. The molecule has 0 bridgehead atoms. The van der Waals surface area contributed by atoms with Crippen molar-refractivity contribution in [2.45, 2.75) is 6.92 Å². The molecule has 0 aliphatic rings. The van der Waals surface area contributed by atoms with Crippen LogP contribution in [0.5, 0.6) is 0 Å². The average molecular weight is 182 g/mol. The third-order valence-corrected chi connectivity index (χ3v) is 1.83. The normalized spacial score (nSPS) is 10.4. The molecule has 6 heteroatoms. The summed E-state index contributed by atoms with van der Waals surface area (Å²) in [4.78, 5) is 8.01. The molecule has 2 rings (SSSR count). The minimum absolute atomic E-state index is 0.436. The Hall–Kier alpha value is -1.43. The van der Waals surface area contributed by atoms with Gasteiger partial charge in [-0.25, -0.2) is 4.98 Å². The van der Waals surface area contributed by atoms with E-state index in [1.165, 1.54) is 6.26 Å². The van der Waals surface area contributed by atoms with Crippen LogP contribution in [0.25, 0.3) is 11.5 Å². The topological polar surface area (TPSA) is 77.8 Å². The van der Waals surface area contributed by atoms with Crippen LogP contribution in [0.2, 0.25) is 0 Å². The van der Waals surface area contributed by atoms with Crippen molar-refractivity contribution in [2.24, 2.45) is 0 Å². The molecule has 0 amide bonds. The number of aryl methyl sites for hydroxylation is 1. The molecule has 0 saturated carbocycles. The predicted molar refractivity (Wildman–Crippen MR) is 44.6 cm³/mol. The van der Waals surface area contributed by atoms with Crippen LogP contribution in [0.15, 0.2) is 10.7 Å². The van der Waals surface area contributed by atoms with Gasteiger partial charge in [-0.15, -0.1) is 0 Å². The highest BCUT2D eigenvalue weighted by Gasteiger charge is 2.08. The van der Waals surface area contributed by atoms with Gasteiger partial charge in [-0.1, -0.05) is 0 Å². The highest BCUT2D eigenvalue weighted by molar-refractivity contribution is 7.09. The first-order valence-electron chi connectivity index (χ1n) is 3.27. The Labute approximate surface area is 72.4 Å². The summed E-state index contributed by atoms with van der Waals surface area (Å²) in [5.74, 6) is 1.12. The molecule has 2 aromatic heterocycles. The lowest BCUT2D eigenvalue weighted by molar-refractivity contribution is 0.521. The number of nitrogen functional groups attached to an aromatic ring is 1. The van der Waals surface area contributed by atoms with Crippen molar-refractivity contribution >= 4 is 16.7 Å². The van der Waals surface area contributed by atoms with Gasteiger partial charge in [0.15, 0.2) is 16.8 Å². The van der Waals surface area contributed by atoms with Gasteiger partial charge in [0.1, 0.15) is 12.0 Å². The molecule has 2 aromatic rings. The standard InChI is InChI=1S/C6H6N4OS/c1-3-8-4(2-11-3)5-9-6(7)12-10-5/h2H,1H3,(H2,7,9,10). The van der Waals surface area contributed by atoms with Crippen LogP contribution in [0.4, 0.5) is 5.13 Å². The summed E-state index contributed by atoms with van der Waals surface area (Å²) in [6.07, 6.45) is 1.51. The molecule has 0 spiro atoms. The fraction of sp³-hybridized carbons (Fsp3) is 0.167. The van der Waals surface area contributed by atoms with E-state index in [4.69, 9.17) is 10.2 Å². The van der Waals surface area contributed by atoms with E-state index in [2.05, 4.69) is 14.3 Å². The monoisotopic (exact) mass is 182 g/mol. The predicted octanol–water partition coefficient (Wildman–Crippen LogP) is 1.08. The minimum atomic E-state index is 0.436. The molecule has 12 heavy (non-hydrogen) atoms. The first-order chi connectivity index (χ1) is 5.75. The van der Waals surface area contributed by atoms with E-state index in [9.17, 15) is 0 Å². The highest BCUT2D eigenvalue weighted by atomic mass is 32.1. The Morgan fingerprint density at radius 1 is 1.50 bits per heavy atom. The third-order valence-electron chi connectivity index (χ3n) is 1.29. The molecule has 0 radical (unpaired) electrons. The Morgan fingerprint density at radius 3 is 2.83 bits per heavy atom. The van der Waals surface area contributed by atoms with Gasteiger partial charge in [0.2, 0.25) is 0 Å². The SMILES string of the molecule is Cc1nc(-c2nsc(N)n2)co1. The van der Waals surface area contributed by atoms with Crippen LogP contribution in [0.1, 0.15) is 5.89 Å². The molecule has 0 saturated heterocycles. The molecular formula is C6H6N4OS. The summed E-state index contributed by atoms with van der Waals surface area (Å²) in [7, 11) is 0. The Morgan fingerprint density at radius 2 is 2.33 bits per heavy atom. The smallest absolute Gasteiger partial charge is 0.200 e. The van der Waals surface area contributed by atoms with Gasteiger partial charge >= 0.3 is 0 Å². The molecule has 62 valence electrons. The number of hydrogen-bond donors (Lipinski definition) is 1. The van der Waals surface area contributed by atoms with Crippen molar-refractivity contribution in [3.05, 3.63) is 12.2 Å². The Bertz CT molecular complexity index is 355. The molecule has 0 atom stereocenters. The zero-order valence-electron chi connectivity index (χ0n) is 6.31. The molecular weight excluding hydrogens is 176 g/mol. The van der Waals surface area contributed by atoms with E-state index in [0.29, 0.717) is 22.5 Å². The first kappa shape index (κ1) is 7.23. The second kappa shape index (κ2) is 2.56. The second-order valence-corrected chi connectivity index (χ2v) is 2.99. The summed E-state index contributed by atoms with van der Waals surface area (Å²) in [5.41, 5.74) is 6.03. The lowest BCUT2D eigenvalue weighted by Gasteiger charge is -1.80. The summed E-state index contributed by atoms with van der Waals surface area (Å²) in [5, 5.41) is 0.436. The van der Waals surface area contributed by atoms with Gasteiger partial charge in [-0.2, -0.15) is 9.36 Å². The van der Waals surface area contributed by atoms with Gasteiger partial charge in [0.25, 0.3) is 0 Å². The van der Waals surface area contributed by atoms with Crippen molar-refractivity contribution in [1.29, 1.82) is 0 Å². The second-order valence-electron chi connectivity index (χ2n) is 2.21. The maximum absolute atomic E-state index is 5.41. The van der Waals surface area contributed by atoms with Gasteiger partial charge < -0.3 is 10.2 Å². The summed E-state index contributed by atoms with van der Waals surface area (Å²) in [6, 6.07) is 0. The van der Waals surface area contributed by atoms with E-state index in [0.717, 1.165) is 11.5 Å². The lowest BCUT2D eigenvalue weighted by Crippen LogP contribution is -1.83. The van der Waals surface area contributed by atoms with Gasteiger partial charge in [-0.05, 0) is 0 Å².